The third-order valence-electron chi connectivity index (χ3n) is 4.64. The number of anilines is 1. The van der Waals surface area contributed by atoms with Crippen LogP contribution in [-0.2, 0) is 0 Å². The van der Waals surface area contributed by atoms with Gasteiger partial charge in [-0.2, -0.15) is 0 Å². The Hall–Kier alpha value is -2.95. The van der Waals surface area contributed by atoms with Crippen LogP contribution in [-0.4, -0.2) is 49.2 Å². The summed E-state index contributed by atoms with van der Waals surface area (Å²) in [5, 5.41) is 2.62. The van der Waals surface area contributed by atoms with Crippen molar-refractivity contribution in [2.24, 2.45) is 0 Å². The first-order valence-corrected chi connectivity index (χ1v) is 9.16. The average molecular weight is 445 g/mol. The average Bonchev–Trinajstić information content (AvgIpc) is 2.76. The van der Waals surface area contributed by atoms with Crippen molar-refractivity contribution in [3.8, 4) is 5.75 Å². The lowest BCUT2D eigenvalue weighted by molar-refractivity contribution is 0.0970. The quantitative estimate of drug-likeness (QED) is 0.340. The Labute approximate surface area is 174 Å². The van der Waals surface area contributed by atoms with Crippen molar-refractivity contribution in [3.05, 3.63) is 58.9 Å². The lowest BCUT2D eigenvalue weighted by atomic mass is 10.2. The van der Waals surface area contributed by atoms with Crippen LogP contribution in [0.2, 0.25) is 0 Å². The van der Waals surface area contributed by atoms with Crippen LogP contribution < -0.4 is 15.0 Å². The van der Waals surface area contributed by atoms with Crippen LogP contribution >= 0.6 is 12.2 Å². The van der Waals surface area contributed by atoms with E-state index in [-0.39, 0.29) is 36.9 Å². The molecule has 2 aromatic rings. The molecular formula is C19H16F5N3O2S. The van der Waals surface area contributed by atoms with E-state index in [1.807, 2.05) is 0 Å². The molecule has 3 rings (SSSR count). The van der Waals surface area contributed by atoms with Crippen molar-refractivity contribution >= 4 is 28.9 Å². The van der Waals surface area contributed by atoms with Gasteiger partial charge in [0.15, 0.2) is 28.4 Å². The molecule has 0 atom stereocenters. The van der Waals surface area contributed by atoms with Crippen molar-refractivity contribution in [1.29, 1.82) is 0 Å². The molecule has 1 amide bonds. The number of halogens is 5. The number of nitrogens with zero attached hydrogens (tertiary/aromatic N) is 2. The number of amides is 1. The minimum atomic E-state index is -2.20. The van der Waals surface area contributed by atoms with Gasteiger partial charge in [0.25, 0.3) is 5.91 Å². The molecule has 1 aliphatic heterocycles. The van der Waals surface area contributed by atoms with Crippen LogP contribution in [0.5, 0.6) is 5.75 Å². The normalized spacial score (nSPS) is 13.9. The molecule has 5 nitrogen and oxygen atoms in total. The zero-order valence-corrected chi connectivity index (χ0v) is 16.5. The number of benzene rings is 2. The summed E-state index contributed by atoms with van der Waals surface area (Å²) >= 11 is 5.21. The molecule has 1 saturated heterocycles. The summed E-state index contributed by atoms with van der Waals surface area (Å²) in [4.78, 5) is 15.0. The standard InChI is InChI=1S/C19H16F5N3O2S/c1-29-11-5-3-2-4-10(11)18(28)25-19(30)27-8-6-26(7-9-27)17-15(23)13(21)12(20)14(22)16(17)24/h2-5H,6-9H2,1H3,(H,25,28,30). The Morgan fingerprint density at radius 3 is 2.03 bits per heavy atom. The maximum Gasteiger partial charge on any atom is 0.261 e. The zero-order chi connectivity index (χ0) is 22.0. The van der Waals surface area contributed by atoms with Crippen LogP contribution in [0.3, 0.4) is 0 Å². The highest BCUT2D eigenvalue weighted by Crippen LogP contribution is 2.30. The molecule has 0 saturated carbocycles. The van der Waals surface area contributed by atoms with Gasteiger partial charge in [-0.15, -0.1) is 0 Å². The number of hydrogen-bond donors (Lipinski definition) is 1. The number of nitrogens with one attached hydrogen (secondary N) is 1. The van der Waals surface area contributed by atoms with E-state index in [4.69, 9.17) is 17.0 Å². The number of methoxy groups -OCH3 is 1. The summed E-state index contributed by atoms with van der Waals surface area (Å²) in [7, 11) is 1.42. The fourth-order valence-corrected chi connectivity index (χ4v) is 3.36. The Kier molecular flexibility index (Phi) is 6.40. The third-order valence-corrected chi connectivity index (χ3v) is 5.00. The van der Waals surface area contributed by atoms with Gasteiger partial charge in [-0.1, -0.05) is 12.1 Å². The van der Waals surface area contributed by atoms with E-state index in [0.717, 1.165) is 4.90 Å². The van der Waals surface area contributed by atoms with E-state index in [1.54, 1.807) is 29.2 Å². The Bertz CT molecular complexity index is 967. The summed E-state index contributed by atoms with van der Waals surface area (Å²) in [6.07, 6.45) is 0. The maximum absolute atomic E-state index is 14.0. The highest BCUT2D eigenvalue weighted by Gasteiger charge is 2.31. The maximum atomic E-state index is 14.0. The topological polar surface area (TPSA) is 44.8 Å². The summed E-state index contributed by atoms with van der Waals surface area (Å²) in [6.45, 7) is 0.0705. The van der Waals surface area contributed by atoms with Crippen molar-refractivity contribution < 1.29 is 31.5 Å². The van der Waals surface area contributed by atoms with Gasteiger partial charge in [0, 0.05) is 26.2 Å². The Balaban J connectivity index is 1.68. The van der Waals surface area contributed by atoms with Gasteiger partial charge in [0.1, 0.15) is 11.4 Å². The molecule has 0 unspecified atom stereocenters. The SMILES string of the molecule is COc1ccccc1C(=O)NC(=S)N1CCN(c2c(F)c(F)c(F)c(F)c2F)CC1. The summed E-state index contributed by atoms with van der Waals surface area (Å²) in [5.74, 6) is -10.1. The largest absolute Gasteiger partial charge is 0.496 e. The molecule has 30 heavy (non-hydrogen) atoms. The number of ether oxygens (including phenoxy) is 1. The summed E-state index contributed by atoms with van der Waals surface area (Å²) in [5.41, 5.74) is -0.711. The number of rotatable bonds is 3. The predicted molar refractivity (Wildman–Crippen MR) is 103 cm³/mol. The molecule has 160 valence electrons. The van der Waals surface area contributed by atoms with E-state index < -0.39 is 40.7 Å². The number of piperazine rings is 1. The molecule has 0 radical (unpaired) electrons. The molecule has 0 bridgehead atoms. The Morgan fingerprint density at radius 2 is 1.47 bits per heavy atom. The highest BCUT2D eigenvalue weighted by atomic mass is 32.1. The number of thiocarbonyl (C=S) groups is 1. The highest BCUT2D eigenvalue weighted by molar-refractivity contribution is 7.80. The number of para-hydroxylation sites is 1. The minimum absolute atomic E-state index is 0.0664. The lowest BCUT2D eigenvalue weighted by Gasteiger charge is -2.37. The van der Waals surface area contributed by atoms with Crippen molar-refractivity contribution in [3.63, 3.8) is 0 Å². The van der Waals surface area contributed by atoms with Crippen LogP contribution in [0.4, 0.5) is 27.6 Å². The third kappa shape index (κ3) is 4.02. The Morgan fingerprint density at radius 1 is 0.933 bits per heavy atom. The first-order chi connectivity index (χ1) is 14.3. The van der Waals surface area contributed by atoms with Crippen LogP contribution in [0.25, 0.3) is 0 Å². The second-order valence-electron chi connectivity index (χ2n) is 6.35. The molecule has 1 aliphatic rings. The minimum Gasteiger partial charge on any atom is -0.496 e. The van der Waals surface area contributed by atoms with Gasteiger partial charge < -0.3 is 14.5 Å². The molecule has 11 heteroatoms. The summed E-state index contributed by atoms with van der Waals surface area (Å²) < 4.78 is 73.3. The molecule has 2 aromatic carbocycles. The van der Waals surface area contributed by atoms with Crippen LogP contribution in [0.1, 0.15) is 10.4 Å². The molecule has 0 aliphatic carbocycles. The predicted octanol–water partition coefficient (Wildman–Crippen LogP) is 3.23. The van der Waals surface area contributed by atoms with Crippen LogP contribution in [0, 0.1) is 29.1 Å². The molecule has 1 heterocycles. The first kappa shape index (κ1) is 21.8. The van der Waals surface area contributed by atoms with E-state index in [0.29, 0.717) is 5.75 Å². The molecule has 1 fully saturated rings. The lowest BCUT2D eigenvalue weighted by Crippen LogP contribution is -2.53. The molecule has 0 aromatic heterocycles. The van der Waals surface area contributed by atoms with Gasteiger partial charge >= 0.3 is 0 Å². The number of carbonyl (C=O) groups is 1. The van der Waals surface area contributed by atoms with Crippen molar-refractivity contribution in [1.82, 2.24) is 10.2 Å². The zero-order valence-electron chi connectivity index (χ0n) is 15.6. The van der Waals surface area contributed by atoms with Gasteiger partial charge in [-0.25, -0.2) is 22.0 Å². The molecule has 1 N–H and O–H groups in total. The fourth-order valence-electron chi connectivity index (χ4n) is 3.08. The van der Waals surface area contributed by atoms with Crippen LogP contribution in [0.15, 0.2) is 24.3 Å². The molecule has 0 spiro atoms. The van der Waals surface area contributed by atoms with Gasteiger partial charge in [0.05, 0.1) is 12.7 Å². The fraction of sp³-hybridized carbons (Fsp3) is 0.263. The van der Waals surface area contributed by atoms with Crippen molar-refractivity contribution in [2.75, 3.05) is 38.2 Å². The van der Waals surface area contributed by atoms with Crippen molar-refractivity contribution in [2.45, 2.75) is 0 Å². The van der Waals surface area contributed by atoms with Gasteiger partial charge in [0.2, 0.25) is 5.82 Å². The smallest absolute Gasteiger partial charge is 0.261 e. The number of hydrogen-bond acceptors (Lipinski definition) is 4. The van der Waals surface area contributed by atoms with E-state index >= 15 is 0 Å². The second-order valence-corrected chi connectivity index (χ2v) is 6.74. The number of carbonyl (C=O) groups excluding carboxylic acids is 1. The van der Waals surface area contributed by atoms with Gasteiger partial charge in [-0.3, -0.25) is 10.1 Å². The monoisotopic (exact) mass is 445 g/mol. The first-order valence-electron chi connectivity index (χ1n) is 8.76. The second kappa shape index (κ2) is 8.82. The van der Waals surface area contributed by atoms with E-state index in [2.05, 4.69) is 5.32 Å². The molecular weight excluding hydrogens is 429 g/mol. The summed E-state index contributed by atoms with van der Waals surface area (Å²) in [6, 6.07) is 6.52. The van der Waals surface area contributed by atoms with E-state index in [9.17, 15) is 26.7 Å². The van der Waals surface area contributed by atoms with Gasteiger partial charge in [-0.05, 0) is 24.4 Å². The van der Waals surface area contributed by atoms with E-state index in [1.165, 1.54) is 7.11 Å².